The number of hydrogen-bond acceptors (Lipinski definition) is 2. The van der Waals surface area contributed by atoms with E-state index in [1.54, 1.807) is 0 Å². The van der Waals surface area contributed by atoms with Crippen LogP contribution in [0.15, 0.2) is 24.4 Å². The topological polar surface area (TPSA) is 29.9 Å². The van der Waals surface area contributed by atoms with E-state index in [2.05, 4.69) is 10.3 Å². The lowest BCUT2D eigenvalue weighted by atomic mass is 10.1. The van der Waals surface area contributed by atoms with Gasteiger partial charge >= 0.3 is 0 Å². The van der Waals surface area contributed by atoms with Crippen molar-refractivity contribution in [2.75, 3.05) is 6.54 Å². The molecule has 88 valence electrons. The third kappa shape index (κ3) is 1.82. The SMILES string of the molecule is Fc1ccc(-c2cn3c(n2)CNCC3)c(F)c1. The smallest absolute Gasteiger partial charge is 0.135 e. The van der Waals surface area contributed by atoms with Crippen molar-refractivity contribution in [3.63, 3.8) is 0 Å². The Morgan fingerprint density at radius 1 is 1.29 bits per heavy atom. The van der Waals surface area contributed by atoms with E-state index < -0.39 is 11.6 Å². The highest BCUT2D eigenvalue weighted by Crippen LogP contribution is 2.23. The van der Waals surface area contributed by atoms with Crippen LogP contribution in [0.5, 0.6) is 0 Å². The van der Waals surface area contributed by atoms with Gasteiger partial charge in [-0.15, -0.1) is 0 Å². The minimum atomic E-state index is -0.576. The molecule has 5 heteroatoms. The molecule has 0 atom stereocenters. The second-order valence-corrected chi connectivity index (χ2v) is 4.04. The highest BCUT2D eigenvalue weighted by atomic mass is 19.1. The van der Waals surface area contributed by atoms with E-state index >= 15 is 0 Å². The molecule has 0 unspecified atom stereocenters. The van der Waals surface area contributed by atoms with Crippen LogP contribution in [0.2, 0.25) is 0 Å². The van der Waals surface area contributed by atoms with Gasteiger partial charge in [0.1, 0.15) is 17.5 Å². The molecule has 0 bridgehead atoms. The van der Waals surface area contributed by atoms with Gasteiger partial charge in [0.05, 0.1) is 12.2 Å². The number of hydrogen-bond donors (Lipinski definition) is 1. The monoisotopic (exact) mass is 235 g/mol. The summed E-state index contributed by atoms with van der Waals surface area (Å²) in [6, 6.07) is 3.55. The Balaban J connectivity index is 2.06. The molecular weight excluding hydrogens is 224 g/mol. The third-order valence-corrected chi connectivity index (χ3v) is 2.88. The van der Waals surface area contributed by atoms with Crippen LogP contribution in [-0.4, -0.2) is 16.1 Å². The number of aromatic nitrogens is 2. The van der Waals surface area contributed by atoms with Crippen molar-refractivity contribution in [3.05, 3.63) is 41.9 Å². The van der Waals surface area contributed by atoms with Crippen molar-refractivity contribution in [1.29, 1.82) is 0 Å². The molecule has 2 aromatic rings. The number of rotatable bonds is 1. The lowest BCUT2D eigenvalue weighted by Crippen LogP contribution is -2.27. The summed E-state index contributed by atoms with van der Waals surface area (Å²) >= 11 is 0. The molecule has 1 N–H and O–H groups in total. The molecule has 0 radical (unpaired) electrons. The first-order valence-electron chi connectivity index (χ1n) is 5.46. The van der Waals surface area contributed by atoms with Gasteiger partial charge in [-0.25, -0.2) is 13.8 Å². The lowest BCUT2D eigenvalue weighted by Gasteiger charge is -2.13. The number of halogens is 2. The Morgan fingerprint density at radius 3 is 2.94 bits per heavy atom. The molecular formula is C12H11F2N3. The van der Waals surface area contributed by atoms with Gasteiger partial charge in [0.15, 0.2) is 0 Å². The van der Waals surface area contributed by atoms with Crippen LogP contribution in [0.25, 0.3) is 11.3 Å². The van der Waals surface area contributed by atoms with Gasteiger partial charge in [0.25, 0.3) is 0 Å². The second kappa shape index (κ2) is 3.92. The summed E-state index contributed by atoms with van der Waals surface area (Å²) < 4.78 is 28.4. The molecule has 1 aromatic heterocycles. The van der Waals surface area contributed by atoms with E-state index in [1.165, 1.54) is 12.1 Å². The first-order chi connectivity index (χ1) is 8.24. The van der Waals surface area contributed by atoms with E-state index in [9.17, 15) is 8.78 Å². The molecule has 0 saturated carbocycles. The Bertz CT molecular complexity index is 539. The molecule has 3 rings (SSSR count). The predicted octanol–water partition coefficient (Wildman–Crippen LogP) is 1.93. The Hall–Kier alpha value is -1.75. The van der Waals surface area contributed by atoms with Gasteiger partial charge < -0.3 is 9.88 Å². The van der Waals surface area contributed by atoms with Gasteiger partial charge in [0.2, 0.25) is 0 Å². The fourth-order valence-electron chi connectivity index (χ4n) is 2.02. The average molecular weight is 235 g/mol. The quantitative estimate of drug-likeness (QED) is 0.818. The molecule has 0 saturated heterocycles. The van der Waals surface area contributed by atoms with Crippen LogP contribution in [0.1, 0.15) is 5.82 Å². The predicted molar refractivity (Wildman–Crippen MR) is 59.3 cm³/mol. The van der Waals surface area contributed by atoms with Crippen molar-refractivity contribution in [2.45, 2.75) is 13.1 Å². The molecule has 2 heterocycles. The maximum atomic E-state index is 13.6. The molecule has 17 heavy (non-hydrogen) atoms. The fraction of sp³-hybridized carbons (Fsp3) is 0.250. The minimum absolute atomic E-state index is 0.341. The van der Waals surface area contributed by atoms with Crippen LogP contribution in [0, 0.1) is 11.6 Å². The summed E-state index contributed by atoms with van der Waals surface area (Å²) in [7, 11) is 0. The third-order valence-electron chi connectivity index (χ3n) is 2.88. The van der Waals surface area contributed by atoms with Crippen molar-refractivity contribution in [2.24, 2.45) is 0 Å². The van der Waals surface area contributed by atoms with Crippen molar-refractivity contribution in [1.82, 2.24) is 14.9 Å². The lowest BCUT2D eigenvalue weighted by molar-refractivity contribution is 0.505. The molecule has 3 nitrogen and oxygen atoms in total. The van der Waals surface area contributed by atoms with E-state index in [1.807, 2.05) is 10.8 Å². The molecule has 1 aliphatic heterocycles. The number of imidazole rings is 1. The van der Waals surface area contributed by atoms with Gasteiger partial charge in [0, 0.05) is 30.9 Å². The largest absolute Gasteiger partial charge is 0.332 e. The Kier molecular flexibility index (Phi) is 2.40. The summed E-state index contributed by atoms with van der Waals surface area (Å²) in [6.07, 6.45) is 1.81. The van der Waals surface area contributed by atoms with Crippen LogP contribution < -0.4 is 5.32 Å². The van der Waals surface area contributed by atoms with Crippen molar-refractivity contribution >= 4 is 0 Å². The molecule has 0 fully saturated rings. The zero-order valence-corrected chi connectivity index (χ0v) is 9.08. The standard InChI is InChI=1S/C12H11F2N3/c13-8-1-2-9(10(14)5-8)11-7-17-4-3-15-6-12(17)16-11/h1-2,5,7,15H,3-4,6H2. The maximum absolute atomic E-state index is 13.6. The van der Waals surface area contributed by atoms with Crippen molar-refractivity contribution < 1.29 is 8.78 Å². The first kappa shape index (κ1) is 10.4. The first-order valence-corrected chi connectivity index (χ1v) is 5.46. The highest BCUT2D eigenvalue weighted by Gasteiger charge is 2.15. The fourth-order valence-corrected chi connectivity index (χ4v) is 2.02. The summed E-state index contributed by atoms with van der Waals surface area (Å²) in [4.78, 5) is 4.35. The second-order valence-electron chi connectivity index (χ2n) is 4.04. The summed E-state index contributed by atoms with van der Waals surface area (Å²) in [5, 5.41) is 3.19. The normalized spacial score (nSPS) is 14.7. The number of nitrogens with one attached hydrogen (secondary N) is 1. The molecule has 0 aliphatic carbocycles. The Morgan fingerprint density at radius 2 is 2.18 bits per heavy atom. The van der Waals surface area contributed by atoms with E-state index in [0.717, 1.165) is 25.0 Å². The molecule has 1 aromatic carbocycles. The highest BCUT2D eigenvalue weighted by molar-refractivity contribution is 5.59. The average Bonchev–Trinajstić information content (AvgIpc) is 2.72. The van der Waals surface area contributed by atoms with E-state index in [4.69, 9.17) is 0 Å². The van der Waals surface area contributed by atoms with Gasteiger partial charge in [-0.1, -0.05) is 0 Å². The number of nitrogens with zero attached hydrogens (tertiary/aromatic N) is 2. The zero-order valence-electron chi connectivity index (χ0n) is 9.08. The maximum Gasteiger partial charge on any atom is 0.135 e. The number of benzene rings is 1. The van der Waals surface area contributed by atoms with Gasteiger partial charge in [-0.2, -0.15) is 0 Å². The zero-order chi connectivity index (χ0) is 11.8. The Labute approximate surface area is 97.1 Å². The van der Waals surface area contributed by atoms with Crippen LogP contribution in [0.3, 0.4) is 0 Å². The summed E-state index contributed by atoms with van der Waals surface area (Å²) in [5.74, 6) is -0.264. The minimum Gasteiger partial charge on any atom is -0.332 e. The molecule has 0 spiro atoms. The van der Waals surface area contributed by atoms with E-state index in [0.29, 0.717) is 17.8 Å². The van der Waals surface area contributed by atoms with Gasteiger partial charge in [-0.05, 0) is 12.1 Å². The molecule has 1 aliphatic rings. The van der Waals surface area contributed by atoms with Crippen molar-refractivity contribution in [3.8, 4) is 11.3 Å². The summed E-state index contributed by atoms with van der Waals surface area (Å²) in [5.41, 5.74) is 0.898. The van der Waals surface area contributed by atoms with Crippen LogP contribution >= 0.6 is 0 Å². The number of fused-ring (bicyclic) bond motifs is 1. The van der Waals surface area contributed by atoms with Crippen LogP contribution in [-0.2, 0) is 13.1 Å². The van der Waals surface area contributed by atoms with Gasteiger partial charge in [-0.3, -0.25) is 0 Å². The summed E-state index contributed by atoms with van der Waals surface area (Å²) in [6.45, 7) is 2.39. The van der Waals surface area contributed by atoms with E-state index in [-0.39, 0.29) is 0 Å². The van der Waals surface area contributed by atoms with Crippen LogP contribution in [0.4, 0.5) is 8.78 Å². The molecule has 0 amide bonds.